The van der Waals surface area contributed by atoms with Crippen molar-refractivity contribution < 1.29 is 0 Å². The molecule has 3 heterocycles. The molecule has 5 heteroatoms. The van der Waals surface area contributed by atoms with E-state index in [-0.39, 0.29) is 6.04 Å². The van der Waals surface area contributed by atoms with Crippen molar-refractivity contribution in [3.8, 4) is 6.07 Å². The lowest BCUT2D eigenvalue weighted by Crippen LogP contribution is -2.16. The molecule has 19 heavy (non-hydrogen) atoms. The fraction of sp³-hybridized carbons (Fsp3) is 0.429. The average molecular weight is 255 g/mol. The summed E-state index contributed by atoms with van der Waals surface area (Å²) in [5, 5.41) is 12.7. The number of nitrogens with one attached hydrogen (secondary N) is 1. The molecular formula is C14H17N5. The zero-order valence-electron chi connectivity index (χ0n) is 11.2. The van der Waals surface area contributed by atoms with Crippen LogP contribution in [0.5, 0.6) is 0 Å². The maximum absolute atomic E-state index is 9.26. The first-order valence-electron chi connectivity index (χ1n) is 6.53. The van der Waals surface area contributed by atoms with Gasteiger partial charge in [-0.2, -0.15) is 5.26 Å². The van der Waals surface area contributed by atoms with E-state index in [1.807, 2.05) is 41.7 Å². The summed E-state index contributed by atoms with van der Waals surface area (Å²) in [5.41, 5.74) is 2.47. The third-order valence-corrected chi connectivity index (χ3v) is 3.65. The van der Waals surface area contributed by atoms with E-state index in [2.05, 4.69) is 16.4 Å². The van der Waals surface area contributed by atoms with E-state index >= 15 is 0 Å². The van der Waals surface area contributed by atoms with Gasteiger partial charge in [0.1, 0.15) is 11.9 Å². The molecule has 1 unspecified atom stereocenters. The van der Waals surface area contributed by atoms with Crippen LogP contribution in [0, 0.1) is 11.3 Å². The number of rotatable bonds is 2. The molecule has 0 aliphatic carbocycles. The van der Waals surface area contributed by atoms with Crippen LogP contribution in [-0.2, 0) is 0 Å². The second-order valence-electron chi connectivity index (χ2n) is 5.11. The van der Waals surface area contributed by atoms with E-state index in [9.17, 15) is 5.26 Å². The van der Waals surface area contributed by atoms with Crippen molar-refractivity contribution in [3.05, 3.63) is 29.8 Å². The van der Waals surface area contributed by atoms with Gasteiger partial charge in [-0.3, -0.25) is 0 Å². The largest absolute Gasteiger partial charge is 0.378 e. The zero-order valence-corrected chi connectivity index (χ0v) is 11.2. The van der Waals surface area contributed by atoms with Crippen LogP contribution < -0.4 is 10.2 Å². The number of fused-ring (bicyclic) bond motifs is 1. The molecular weight excluding hydrogens is 238 g/mol. The molecule has 0 amide bonds. The maximum atomic E-state index is 9.26. The summed E-state index contributed by atoms with van der Waals surface area (Å²) >= 11 is 0. The molecule has 1 fully saturated rings. The van der Waals surface area contributed by atoms with Crippen molar-refractivity contribution in [2.75, 3.05) is 25.5 Å². The standard InChI is InChI=1S/C14H17N5/c1-18(2)10-5-7-19-13(8-10)12(9-15)17-14(19)11-4-3-6-16-11/h5,7-8,11,16H,3-4,6H2,1-2H3. The Kier molecular flexibility index (Phi) is 2.88. The van der Waals surface area contributed by atoms with Gasteiger partial charge in [0.05, 0.1) is 11.6 Å². The molecule has 0 radical (unpaired) electrons. The highest BCUT2D eigenvalue weighted by Gasteiger charge is 2.23. The molecule has 0 spiro atoms. The Morgan fingerprint density at radius 3 is 3.00 bits per heavy atom. The quantitative estimate of drug-likeness (QED) is 0.887. The Morgan fingerprint density at radius 1 is 1.53 bits per heavy atom. The van der Waals surface area contributed by atoms with Gasteiger partial charge in [-0.25, -0.2) is 4.98 Å². The van der Waals surface area contributed by atoms with Gasteiger partial charge in [0.15, 0.2) is 5.69 Å². The molecule has 1 atom stereocenters. The molecule has 2 aromatic heterocycles. The number of aromatic nitrogens is 2. The van der Waals surface area contributed by atoms with Crippen molar-refractivity contribution in [3.63, 3.8) is 0 Å². The third-order valence-electron chi connectivity index (χ3n) is 3.65. The lowest BCUT2D eigenvalue weighted by Gasteiger charge is -2.13. The van der Waals surface area contributed by atoms with Gasteiger partial charge in [-0.15, -0.1) is 0 Å². The highest BCUT2D eigenvalue weighted by Crippen LogP contribution is 2.26. The summed E-state index contributed by atoms with van der Waals surface area (Å²) in [5.74, 6) is 0.953. The van der Waals surface area contributed by atoms with Crippen LogP contribution >= 0.6 is 0 Å². The number of pyridine rings is 1. The molecule has 5 nitrogen and oxygen atoms in total. The van der Waals surface area contributed by atoms with Gasteiger partial charge in [0.25, 0.3) is 0 Å². The lowest BCUT2D eigenvalue weighted by molar-refractivity contribution is 0.602. The maximum Gasteiger partial charge on any atom is 0.166 e. The second-order valence-corrected chi connectivity index (χ2v) is 5.11. The van der Waals surface area contributed by atoms with Crippen LogP contribution in [0.3, 0.4) is 0 Å². The molecule has 98 valence electrons. The van der Waals surface area contributed by atoms with Crippen molar-refractivity contribution in [1.29, 1.82) is 5.26 Å². The fourth-order valence-corrected chi connectivity index (χ4v) is 2.61. The third kappa shape index (κ3) is 1.94. The van der Waals surface area contributed by atoms with Crippen molar-refractivity contribution in [2.45, 2.75) is 18.9 Å². The molecule has 0 bridgehead atoms. The normalized spacial score (nSPS) is 18.7. The van der Waals surface area contributed by atoms with E-state index in [0.717, 1.165) is 36.4 Å². The van der Waals surface area contributed by atoms with Crippen LogP contribution in [0.2, 0.25) is 0 Å². The molecule has 1 N–H and O–H groups in total. The van der Waals surface area contributed by atoms with Crippen molar-refractivity contribution in [1.82, 2.24) is 14.7 Å². The first-order chi connectivity index (χ1) is 9.20. The summed E-state index contributed by atoms with van der Waals surface area (Å²) in [6.07, 6.45) is 4.25. The lowest BCUT2D eigenvalue weighted by atomic mass is 10.2. The van der Waals surface area contributed by atoms with Crippen LogP contribution in [0.1, 0.15) is 30.4 Å². The smallest absolute Gasteiger partial charge is 0.166 e. The molecule has 1 saturated heterocycles. The Morgan fingerprint density at radius 2 is 2.37 bits per heavy atom. The SMILES string of the molecule is CN(C)c1ccn2c(C3CCCN3)nc(C#N)c2c1. The van der Waals surface area contributed by atoms with Gasteiger partial charge < -0.3 is 14.6 Å². The van der Waals surface area contributed by atoms with Gasteiger partial charge in [-0.1, -0.05) is 0 Å². The van der Waals surface area contributed by atoms with Gasteiger partial charge in [0.2, 0.25) is 0 Å². The predicted octanol–water partition coefficient (Wildman–Crippen LogP) is 1.70. The Labute approximate surface area is 112 Å². The minimum atomic E-state index is 0.264. The number of hydrogen-bond acceptors (Lipinski definition) is 4. The number of nitrogens with zero attached hydrogens (tertiary/aromatic N) is 4. The van der Waals surface area contributed by atoms with Crippen LogP contribution in [-0.4, -0.2) is 30.0 Å². The Bertz CT molecular complexity index is 644. The number of nitriles is 1. The minimum Gasteiger partial charge on any atom is -0.378 e. The summed E-state index contributed by atoms with van der Waals surface area (Å²) in [6.45, 7) is 1.03. The average Bonchev–Trinajstić information content (AvgIpc) is 3.04. The Balaban J connectivity index is 2.17. The van der Waals surface area contributed by atoms with Gasteiger partial charge >= 0.3 is 0 Å². The molecule has 1 aliphatic heterocycles. The van der Waals surface area contributed by atoms with E-state index < -0.39 is 0 Å². The second kappa shape index (κ2) is 4.56. The number of hydrogen-bond donors (Lipinski definition) is 1. The summed E-state index contributed by atoms with van der Waals surface area (Å²) in [6, 6.07) is 6.53. The first-order valence-corrected chi connectivity index (χ1v) is 6.53. The summed E-state index contributed by atoms with van der Waals surface area (Å²) < 4.78 is 2.04. The summed E-state index contributed by atoms with van der Waals surface area (Å²) in [4.78, 5) is 6.54. The highest BCUT2D eigenvalue weighted by molar-refractivity contribution is 5.66. The summed E-state index contributed by atoms with van der Waals surface area (Å²) in [7, 11) is 3.99. The first kappa shape index (κ1) is 12.0. The van der Waals surface area contributed by atoms with E-state index in [1.165, 1.54) is 0 Å². The molecule has 0 saturated carbocycles. The van der Waals surface area contributed by atoms with Crippen molar-refractivity contribution in [2.24, 2.45) is 0 Å². The predicted molar refractivity (Wildman–Crippen MR) is 74.2 cm³/mol. The minimum absolute atomic E-state index is 0.264. The van der Waals surface area contributed by atoms with Crippen LogP contribution in [0.15, 0.2) is 18.3 Å². The monoisotopic (exact) mass is 255 g/mol. The van der Waals surface area contributed by atoms with Gasteiger partial charge in [-0.05, 0) is 31.5 Å². The van der Waals surface area contributed by atoms with Gasteiger partial charge in [0, 0.05) is 26.0 Å². The number of imidazole rings is 1. The van der Waals surface area contributed by atoms with E-state index in [4.69, 9.17) is 0 Å². The highest BCUT2D eigenvalue weighted by atomic mass is 15.1. The molecule has 2 aromatic rings. The molecule has 3 rings (SSSR count). The van der Waals surface area contributed by atoms with E-state index in [1.54, 1.807) is 0 Å². The zero-order chi connectivity index (χ0) is 13.4. The van der Waals surface area contributed by atoms with Crippen LogP contribution in [0.25, 0.3) is 5.52 Å². The van der Waals surface area contributed by atoms with Crippen molar-refractivity contribution >= 4 is 11.2 Å². The van der Waals surface area contributed by atoms with E-state index in [0.29, 0.717) is 5.69 Å². The topological polar surface area (TPSA) is 56.4 Å². The number of anilines is 1. The fourth-order valence-electron chi connectivity index (χ4n) is 2.61. The molecule has 1 aliphatic rings. The van der Waals surface area contributed by atoms with Crippen LogP contribution in [0.4, 0.5) is 5.69 Å². The molecule has 0 aromatic carbocycles. The Hall–Kier alpha value is -2.06.